The molecule has 4 heteroatoms. The number of carbonyl (C=O) groups is 1. The zero-order valence-electron chi connectivity index (χ0n) is 14.1. The second-order valence-corrected chi connectivity index (χ2v) is 6.16. The van der Waals surface area contributed by atoms with Crippen molar-refractivity contribution in [3.8, 4) is 0 Å². The van der Waals surface area contributed by atoms with Crippen LogP contribution in [0.5, 0.6) is 0 Å². The summed E-state index contributed by atoms with van der Waals surface area (Å²) in [6, 6.07) is 19.8. The third-order valence-electron chi connectivity index (χ3n) is 4.66. The fourth-order valence-corrected chi connectivity index (χ4v) is 3.38. The summed E-state index contributed by atoms with van der Waals surface area (Å²) < 4.78 is 5.46. The molecule has 1 aliphatic rings. The number of rotatable bonds is 5. The zero-order chi connectivity index (χ0) is 17.2. The summed E-state index contributed by atoms with van der Waals surface area (Å²) in [7, 11) is 0. The minimum Gasteiger partial charge on any atom is -0.467 e. The van der Waals surface area contributed by atoms with E-state index in [2.05, 4.69) is 24.4 Å². The first kappa shape index (κ1) is 15.5. The number of carbonyl (C=O) groups excluding carboxylic acids is 1. The third-order valence-corrected chi connectivity index (χ3v) is 4.66. The largest absolute Gasteiger partial charge is 0.467 e. The molecule has 1 amide bonds. The summed E-state index contributed by atoms with van der Waals surface area (Å²) in [5.41, 5.74) is 4.05. The molecule has 1 N–H and O–H groups in total. The molecular weight excluding hydrogens is 312 g/mol. The summed E-state index contributed by atoms with van der Waals surface area (Å²) in [5, 5.41) is 3.57. The molecule has 0 spiro atoms. The SMILES string of the molecule is CCc1ccccc1N[C@@H]1c2ccccc2C(=O)N1Cc1ccco1. The average Bonchev–Trinajstić information content (AvgIpc) is 3.25. The summed E-state index contributed by atoms with van der Waals surface area (Å²) in [5.74, 6) is 0.801. The lowest BCUT2D eigenvalue weighted by Gasteiger charge is -2.27. The molecule has 0 aliphatic carbocycles. The Morgan fingerprint density at radius 2 is 1.84 bits per heavy atom. The van der Waals surface area contributed by atoms with Gasteiger partial charge in [0.1, 0.15) is 11.9 Å². The normalized spacial score (nSPS) is 16.1. The Bertz CT molecular complexity index is 886. The van der Waals surface area contributed by atoms with Gasteiger partial charge in [0.2, 0.25) is 0 Å². The van der Waals surface area contributed by atoms with E-state index in [9.17, 15) is 4.79 Å². The Kier molecular flexibility index (Phi) is 4.02. The van der Waals surface area contributed by atoms with E-state index in [0.29, 0.717) is 6.54 Å². The van der Waals surface area contributed by atoms with E-state index in [-0.39, 0.29) is 12.1 Å². The molecule has 4 nitrogen and oxygen atoms in total. The van der Waals surface area contributed by atoms with Gasteiger partial charge >= 0.3 is 0 Å². The van der Waals surface area contributed by atoms with Crippen molar-refractivity contribution in [1.29, 1.82) is 0 Å². The summed E-state index contributed by atoms with van der Waals surface area (Å²) in [6.07, 6.45) is 2.36. The van der Waals surface area contributed by atoms with E-state index in [1.807, 2.05) is 53.4 Å². The molecule has 0 unspecified atom stereocenters. The first-order chi connectivity index (χ1) is 12.3. The van der Waals surface area contributed by atoms with Gasteiger partial charge in [0, 0.05) is 16.8 Å². The Hall–Kier alpha value is -3.01. The summed E-state index contributed by atoms with van der Waals surface area (Å²) >= 11 is 0. The minimum absolute atomic E-state index is 0.0264. The highest BCUT2D eigenvalue weighted by molar-refractivity contribution is 5.99. The summed E-state index contributed by atoms with van der Waals surface area (Å²) in [6.45, 7) is 2.57. The van der Waals surface area contributed by atoms with Crippen molar-refractivity contribution < 1.29 is 9.21 Å². The maximum atomic E-state index is 12.9. The molecule has 1 aromatic heterocycles. The highest BCUT2D eigenvalue weighted by Crippen LogP contribution is 2.36. The highest BCUT2D eigenvalue weighted by atomic mass is 16.3. The van der Waals surface area contributed by atoms with Crippen LogP contribution in [0, 0.1) is 0 Å². The molecule has 25 heavy (non-hydrogen) atoms. The Balaban J connectivity index is 1.71. The first-order valence-corrected chi connectivity index (χ1v) is 8.54. The summed E-state index contributed by atoms with van der Waals surface area (Å²) in [4.78, 5) is 14.8. The molecule has 1 aliphatic heterocycles. The van der Waals surface area contributed by atoms with Crippen molar-refractivity contribution in [2.24, 2.45) is 0 Å². The number of nitrogens with zero attached hydrogens (tertiary/aromatic N) is 1. The number of amides is 1. The molecule has 0 saturated carbocycles. The van der Waals surface area contributed by atoms with Crippen molar-refractivity contribution in [2.45, 2.75) is 26.1 Å². The number of nitrogens with one attached hydrogen (secondary N) is 1. The molecule has 126 valence electrons. The number of hydrogen-bond donors (Lipinski definition) is 1. The number of benzene rings is 2. The second kappa shape index (κ2) is 6.48. The smallest absolute Gasteiger partial charge is 0.256 e. The van der Waals surface area contributed by atoms with Gasteiger partial charge in [0.25, 0.3) is 5.91 Å². The standard InChI is InChI=1S/C21H20N2O2/c1-2-15-8-3-6-12-19(15)22-20-17-10-4-5-11-18(17)21(24)23(20)14-16-9-7-13-25-16/h3-13,20,22H,2,14H2,1H3/t20-/m0/s1. The number of aryl methyl sites for hydroxylation is 1. The van der Waals surface area contributed by atoms with E-state index in [1.165, 1.54) is 5.56 Å². The molecule has 2 heterocycles. The highest BCUT2D eigenvalue weighted by Gasteiger charge is 2.37. The van der Waals surface area contributed by atoms with Gasteiger partial charge in [-0.25, -0.2) is 0 Å². The van der Waals surface area contributed by atoms with Crippen LogP contribution in [0.25, 0.3) is 0 Å². The molecule has 0 saturated heterocycles. The predicted molar refractivity (Wildman–Crippen MR) is 97.2 cm³/mol. The van der Waals surface area contributed by atoms with Gasteiger partial charge in [-0.15, -0.1) is 0 Å². The van der Waals surface area contributed by atoms with Crippen molar-refractivity contribution in [1.82, 2.24) is 4.90 Å². The zero-order valence-corrected chi connectivity index (χ0v) is 14.1. The molecule has 3 aromatic rings. The van der Waals surface area contributed by atoms with E-state index >= 15 is 0 Å². The van der Waals surface area contributed by atoms with Gasteiger partial charge in [-0.3, -0.25) is 4.79 Å². The Labute approximate surface area is 147 Å². The van der Waals surface area contributed by atoms with E-state index in [1.54, 1.807) is 6.26 Å². The monoisotopic (exact) mass is 332 g/mol. The lowest BCUT2D eigenvalue weighted by molar-refractivity contribution is 0.0715. The fraction of sp³-hybridized carbons (Fsp3) is 0.190. The maximum Gasteiger partial charge on any atom is 0.256 e. The number of para-hydroxylation sites is 1. The van der Waals surface area contributed by atoms with Crippen LogP contribution in [0.2, 0.25) is 0 Å². The van der Waals surface area contributed by atoms with Crippen LogP contribution in [0.15, 0.2) is 71.3 Å². The Morgan fingerprint density at radius 1 is 1.04 bits per heavy atom. The molecule has 0 fully saturated rings. The first-order valence-electron chi connectivity index (χ1n) is 8.54. The van der Waals surface area contributed by atoms with Crippen molar-refractivity contribution in [3.63, 3.8) is 0 Å². The quantitative estimate of drug-likeness (QED) is 0.742. The predicted octanol–water partition coefficient (Wildman–Crippen LogP) is 4.61. The van der Waals surface area contributed by atoms with Gasteiger partial charge in [0.05, 0.1) is 12.8 Å². The fourth-order valence-electron chi connectivity index (χ4n) is 3.38. The number of hydrogen-bond acceptors (Lipinski definition) is 3. The van der Waals surface area contributed by atoms with Crippen LogP contribution >= 0.6 is 0 Å². The molecule has 1 atom stereocenters. The van der Waals surface area contributed by atoms with Crippen molar-refractivity contribution >= 4 is 11.6 Å². The topological polar surface area (TPSA) is 45.5 Å². The van der Waals surface area contributed by atoms with E-state index in [4.69, 9.17) is 4.42 Å². The second-order valence-electron chi connectivity index (χ2n) is 6.16. The molecule has 2 aromatic carbocycles. The van der Waals surface area contributed by atoms with Gasteiger partial charge in [-0.2, -0.15) is 0 Å². The number of anilines is 1. The molecule has 0 radical (unpaired) electrons. The lowest BCUT2D eigenvalue weighted by atomic mass is 10.1. The average molecular weight is 332 g/mol. The van der Waals surface area contributed by atoms with Crippen LogP contribution in [-0.4, -0.2) is 10.8 Å². The van der Waals surface area contributed by atoms with Crippen LogP contribution in [0.4, 0.5) is 5.69 Å². The van der Waals surface area contributed by atoms with Crippen molar-refractivity contribution in [3.05, 3.63) is 89.4 Å². The lowest BCUT2D eigenvalue weighted by Crippen LogP contribution is -2.32. The van der Waals surface area contributed by atoms with Crippen LogP contribution < -0.4 is 5.32 Å². The van der Waals surface area contributed by atoms with Gasteiger partial charge in [0.15, 0.2) is 0 Å². The number of fused-ring (bicyclic) bond motifs is 1. The molecule has 4 rings (SSSR count). The van der Waals surface area contributed by atoms with Gasteiger partial charge < -0.3 is 14.6 Å². The van der Waals surface area contributed by atoms with E-state index < -0.39 is 0 Å². The minimum atomic E-state index is -0.207. The number of furan rings is 1. The van der Waals surface area contributed by atoms with Crippen LogP contribution in [-0.2, 0) is 13.0 Å². The third kappa shape index (κ3) is 2.80. The van der Waals surface area contributed by atoms with Crippen molar-refractivity contribution in [2.75, 3.05) is 5.32 Å². The Morgan fingerprint density at radius 3 is 2.64 bits per heavy atom. The van der Waals surface area contributed by atoms with Gasteiger partial charge in [-0.1, -0.05) is 43.3 Å². The maximum absolute atomic E-state index is 12.9. The van der Waals surface area contributed by atoms with Crippen LogP contribution in [0.1, 0.15) is 40.3 Å². The molecule has 0 bridgehead atoms. The molecular formula is C21H20N2O2. The van der Waals surface area contributed by atoms with E-state index in [0.717, 1.165) is 29.0 Å². The van der Waals surface area contributed by atoms with Crippen LogP contribution in [0.3, 0.4) is 0 Å². The van der Waals surface area contributed by atoms with Gasteiger partial charge in [-0.05, 0) is 36.2 Å².